The molecule has 0 bridgehead atoms. The lowest BCUT2D eigenvalue weighted by Gasteiger charge is -2.30. The monoisotopic (exact) mass is 430 g/mol. The third-order valence-electron chi connectivity index (χ3n) is 4.55. The first-order valence-electron chi connectivity index (χ1n) is 8.68. The topological polar surface area (TPSA) is 83.6 Å². The fraction of sp³-hybridized carbons (Fsp3) is 0.333. The summed E-state index contributed by atoms with van der Waals surface area (Å²) in [4.78, 5) is -0.784. The van der Waals surface area contributed by atoms with Crippen LogP contribution in [0.15, 0.2) is 52.3 Å². The molecule has 2 aromatic carbocycles. The molecule has 152 valence electrons. The Morgan fingerprint density at radius 3 is 2.36 bits per heavy atom. The second-order valence-corrected chi connectivity index (χ2v) is 10.4. The third-order valence-corrected chi connectivity index (χ3v) is 7.82. The summed E-state index contributed by atoms with van der Waals surface area (Å²) in [5, 5.41) is 0. The van der Waals surface area contributed by atoms with Gasteiger partial charge in [0.05, 0.1) is 4.90 Å². The standard InChI is InChI=1S/C18H20F2N2O4S2/c1-13-3-2-10-22(12-13)28(25,26)16-7-5-15(6-8-16)21-27(23,24)18-11-14(19)4-9-17(18)20/h4-9,11,13,21H,2-3,10,12H2,1H3. The summed E-state index contributed by atoms with van der Waals surface area (Å²) in [6.45, 7) is 2.88. The fourth-order valence-corrected chi connectivity index (χ4v) is 5.85. The Morgan fingerprint density at radius 2 is 1.71 bits per heavy atom. The minimum absolute atomic E-state index is 0.0367. The number of piperidine rings is 1. The van der Waals surface area contributed by atoms with Gasteiger partial charge in [-0.3, -0.25) is 4.72 Å². The van der Waals surface area contributed by atoms with Crippen molar-refractivity contribution in [2.24, 2.45) is 5.92 Å². The van der Waals surface area contributed by atoms with Crippen LogP contribution < -0.4 is 4.72 Å². The Bertz CT molecular complexity index is 1070. The highest BCUT2D eigenvalue weighted by atomic mass is 32.2. The Balaban J connectivity index is 1.82. The molecule has 0 aromatic heterocycles. The molecule has 1 heterocycles. The van der Waals surface area contributed by atoms with Crippen LogP contribution in [0.25, 0.3) is 0 Å². The first-order valence-corrected chi connectivity index (χ1v) is 11.6. The highest BCUT2D eigenvalue weighted by Crippen LogP contribution is 2.25. The highest BCUT2D eigenvalue weighted by Gasteiger charge is 2.28. The SMILES string of the molecule is CC1CCCN(S(=O)(=O)c2ccc(NS(=O)(=O)c3cc(F)ccc3F)cc2)C1. The van der Waals surface area contributed by atoms with E-state index in [-0.39, 0.29) is 16.5 Å². The third kappa shape index (κ3) is 4.34. The molecule has 1 aliphatic rings. The number of sulfonamides is 2. The van der Waals surface area contributed by atoms with Crippen LogP contribution in [0.3, 0.4) is 0 Å². The molecule has 1 aliphatic heterocycles. The number of benzene rings is 2. The maximum atomic E-state index is 13.8. The second-order valence-electron chi connectivity index (χ2n) is 6.82. The van der Waals surface area contributed by atoms with Gasteiger partial charge in [-0.05, 0) is 61.2 Å². The smallest absolute Gasteiger partial charge is 0.264 e. The quantitative estimate of drug-likeness (QED) is 0.790. The molecule has 1 saturated heterocycles. The lowest BCUT2D eigenvalue weighted by molar-refractivity contribution is 0.281. The number of hydrogen-bond acceptors (Lipinski definition) is 4. The fourth-order valence-electron chi connectivity index (χ4n) is 3.10. The van der Waals surface area contributed by atoms with E-state index in [2.05, 4.69) is 4.72 Å². The van der Waals surface area contributed by atoms with E-state index in [1.54, 1.807) is 0 Å². The summed E-state index contributed by atoms with van der Waals surface area (Å²) in [5.74, 6) is -1.71. The first kappa shape index (κ1) is 20.7. The van der Waals surface area contributed by atoms with Gasteiger partial charge in [0.25, 0.3) is 10.0 Å². The van der Waals surface area contributed by atoms with Crippen molar-refractivity contribution < 1.29 is 25.6 Å². The molecule has 0 aliphatic carbocycles. The van der Waals surface area contributed by atoms with Crippen LogP contribution in [0.4, 0.5) is 14.5 Å². The Hall–Kier alpha value is -2.04. The van der Waals surface area contributed by atoms with Gasteiger partial charge in [0.15, 0.2) is 0 Å². The van der Waals surface area contributed by atoms with Crippen molar-refractivity contribution in [3.8, 4) is 0 Å². The van der Waals surface area contributed by atoms with Crippen molar-refractivity contribution in [2.45, 2.75) is 29.6 Å². The molecular formula is C18H20F2N2O4S2. The summed E-state index contributed by atoms with van der Waals surface area (Å²) in [6.07, 6.45) is 1.76. The van der Waals surface area contributed by atoms with E-state index in [0.29, 0.717) is 19.2 Å². The van der Waals surface area contributed by atoms with E-state index in [0.717, 1.165) is 25.0 Å². The minimum atomic E-state index is -4.37. The van der Waals surface area contributed by atoms with E-state index < -0.39 is 36.6 Å². The predicted octanol–water partition coefficient (Wildman–Crippen LogP) is 3.19. The molecule has 1 atom stereocenters. The van der Waals surface area contributed by atoms with Crippen LogP contribution in [0.5, 0.6) is 0 Å². The summed E-state index contributed by atoms with van der Waals surface area (Å²) in [7, 11) is -8.04. The van der Waals surface area contributed by atoms with Crippen molar-refractivity contribution in [3.63, 3.8) is 0 Å². The van der Waals surface area contributed by atoms with Gasteiger partial charge in [-0.15, -0.1) is 0 Å². The normalized spacial score (nSPS) is 18.8. The van der Waals surface area contributed by atoms with E-state index in [9.17, 15) is 25.6 Å². The second kappa shape index (κ2) is 7.76. The zero-order valence-electron chi connectivity index (χ0n) is 15.1. The molecule has 10 heteroatoms. The Morgan fingerprint density at radius 1 is 1.04 bits per heavy atom. The zero-order chi connectivity index (χ0) is 20.5. The number of nitrogens with one attached hydrogen (secondary N) is 1. The van der Waals surface area contributed by atoms with Gasteiger partial charge in [0, 0.05) is 18.8 Å². The van der Waals surface area contributed by atoms with Crippen LogP contribution in [0, 0.1) is 17.6 Å². The van der Waals surface area contributed by atoms with Crippen molar-refractivity contribution in [1.82, 2.24) is 4.31 Å². The molecule has 1 fully saturated rings. The average molecular weight is 430 g/mol. The van der Waals surface area contributed by atoms with Crippen molar-refractivity contribution in [3.05, 3.63) is 54.1 Å². The van der Waals surface area contributed by atoms with Gasteiger partial charge in [-0.2, -0.15) is 4.31 Å². The summed E-state index contributed by atoms with van der Waals surface area (Å²) in [5.41, 5.74) is 0.0367. The summed E-state index contributed by atoms with van der Waals surface area (Å²) in [6, 6.07) is 7.23. The number of halogens is 2. The van der Waals surface area contributed by atoms with Crippen LogP contribution in [-0.2, 0) is 20.0 Å². The van der Waals surface area contributed by atoms with Gasteiger partial charge in [-0.25, -0.2) is 25.6 Å². The maximum Gasteiger partial charge on any atom is 0.264 e. The molecule has 1 N–H and O–H groups in total. The molecule has 28 heavy (non-hydrogen) atoms. The summed E-state index contributed by atoms with van der Waals surface area (Å²) < 4.78 is 80.6. The lowest BCUT2D eigenvalue weighted by atomic mass is 10.0. The van der Waals surface area contributed by atoms with E-state index in [1.165, 1.54) is 28.6 Å². The molecule has 0 spiro atoms. The van der Waals surface area contributed by atoms with Crippen LogP contribution in [-0.4, -0.2) is 34.2 Å². The van der Waals surface area contributed by atoms with Crippen molar-refractivity contribution in [2.75, 3.05) is 17.8 Å². The predicted molar refractivity (Wildman–Crippen MR) is 101 cm³/mol. The highest BCUT2D eigenvalue weighted by molar-refractivity contribution is 7.92. The number of anilines is 1. The van der Waals surface area contributed by atoms with Crippen LogP contribution >= 0.6 is 0 Å². The number of rotatable bonds is 5. The maximum absolute atomic E-state index is 13.8. The largest absolute Gasteiger partial charge is 0.280 e. The van der Waals surface area contributed by atoms with Gasteiger partial charge in [-0.1, -0.05) is 6.92 Å². The Kier molecular flexibility index (Phi) is 5.74. The van der Waals surface area contributed by atoms with E-state index in [1.807, 2.05) is 6.92 Å². The number of nitrogens with zero attached hydrogens (tertiary/aromatic N) is 1. The van der Waals surface area contributed by atoms with Gasteiger partial charge in [0.1, 0.15) is 16.5 Å². The minimum Gasteiger partial charge on any atom is -0.280 e. The number of hydrogen-bond donors (Lipinski definition) is 1. The first-order chi connectivity index (χ1) is 13.1. The molecule has 0 radical (unpaired) electrons. The lowest BCUT2D eigenvalue weighted by Crippen LogP contribution is -2.39. The molecule has 0 saturated carbocycles. The van der Waals surface area contributed by atoms with E-state index >= 15 is 0 Å². The molecule has 6 nitrogen and oxygen atoms in total. The molecular weight excluding hydrogens is 410 g/mol. The van der Waals surface area contributed by atoms with Gasteiger partial charge >= 0.3 is 0 Å². The van der Waals surface area contributed by atoms with Gasteiger partial charge in [0.2, 0.25) is 10.0 Å². The van der Waals surface area contributed by atoms with Gasteiger partial charge < -0.3 is 0 Å². The zero-order valence-corrected chi connectivity index (χ0v) is 16.7. The van der Waals surface area contributed by atoms with Crippen molar-refractivity contribution >= 4 is 25.7 Å². The summed E-state index contributed by atoms with van der Waals surface area (Å²) >= 11 is 0. The Labute approximate surface area is 163 Å². The molecule has 0 amide bonds. The average Bonchev–Trinajstić information content (AvgIpc) is 2.64. The van der Waals surface area contributed by atoms with Crippen LogP contribution in [0.2, 0.25) is 0 Å². The molecule has 3 rings (SSSR count). The van der Waals surface area contributed by atoms with Crippen molar-refractivity contribution in [1.29, 1.82) is 0 Å². The molecule has 2 aromatic rings. The van der Waals surface area contributed by atoms with Crippen LogP contribution in [0.1, 0.15) is 19.8 Å². The van der Waals surface area contributed by atoms with E-state index in [4.69, 9.17) is 0 Å². The molecule has 1 unspecified atom stereocenters.